The summed E-state index contributed by atoms with van der Waals surface area (Å²) in [6.45, 7) is 0. The van der Waals surface area contributed by atoms with E-state index < -0.39 is 5.97 Å². The van der Waals surface area contributed by atoms with Crippen LogP contribution in [0, 0.1) is 0 Å². The first-order chi connectivity index (χ1) is 8.74. The van der Waals surface area contributed by atoms with Crippen LogP contribution < -0.4 is 5.32 Å². The number of aliphatic carboxylic acids is 1. The molecular formula is C14H19NO2S. The molecule has 0 aromatic heterocycles. The lowest BCUT2D eigenvalue weighted by molar-refractivity contribution is -0.136. The molecule has 1 aromatic rings. The van der Waals surface area contributed by atoms with Gasteiger partial charge in [-0.2, -0.15) is 11.8 Å². The fraction of sp³-hybridized carbons (Fsp3) is 0.500. The van der Waals surface area contributed by atoms with Crippen molar-refractivity contribution in [1.29, 1.82) is 0 Å². The third-order valence-corrected chi connectivity index (χ3v) is 4.30. The van der Waals surface area contributed by atoms with Gasteiger partial charge in [-0.15, -0.1) is 0 Å². The highest BCUT2D eigenvalue weighted by Crippen LogP contribution is 2.21. The molecule has 2 rings (SSSR count). The van der Waals surface area contributed by atoms with Gasteiger partial charge in [0.25, 0.3) is 0 Å². The number of rotatable bonds is 5. The number of benzene rings is 1. The number of carboxylic acid groups (broad SMARTS) is 1. The summed E-state index contributed by atoms with van der Waals surface area (Å²) in [7, 11) is 0. The Morgan fingerprint density at radius 1 is 1.50 bits per heavy atom. The molecule has 3 nitrogen and oxygen atoms in total. The smallest absolute Gasteiger partial charge is 0.303 e. The number of hydrogen-bond acceptors (Lipinski definition) is 3. The Balaban J connectivity index is 1.91. The molecule has 4 heteroatoms. The first-order valence-corrected chi connectivity index (χ1v) is 7.54. The van der Waals surface area contributed by atoms with Crippen molar-refractivity contribution in [2.24, 2.45) is 0 Å². The van der Waals surface area contributed by atoms with Crippen LogP contribution in [0.25, 0.3) is 0 Å². The quantitative estimate of drug-likeness (QED) is 0.859. The number of anilines is 1. The van der Waals surface area contributed by atoms with Crippen molar-refractivity contribution in [3.63, 3.8) is 0 Å². The van der Waals surface area contributed by atoms with Crippen molar-refractivity contribution in [3.05, 3.63) is 29.8 Å². The van der Waals surface area contributed by atoms with Crippen LogP contribution >= 0.6 is 11.8 Å². The summed E-state index contributed by atoms with van der Waals surface area (Å²) in [6, 6.07) is 8.67. The summed E-state index contributed by atoms with van der Waals surface area (Å²) in [4.78, 5) is 10.6. The van der Waals surface area contributed by atoms with Gasteiger partial charge < -0.3 is 10.4 Å². The van der Waals surface area contributed by atoms with Crippen LogP contribution in [0.3, 0.4) is 0 Å². The molecule has 0 saturated carbocycles. The highest BCUT2D eigenvalue weighted by molar-refractivity contribution is 7.99. The van der Waals surface area contributed by atoms with Gasteiger partial charge >= 0.3 is 5.97 Å². The zero-order valence-electron chi connectivity index (χ0n) is 10.4. The van der Waals surface area contributed by atoms with Crippen LogP contribution in [0.1, 0.15) is 24.8 Å². The van der Waals surface area contributed by atoms with Gasteiger partial charge in [0.1, 0.15) is 0 Å². The third kappa shape index (κ3) is 4.26. The second-order valence-corrected chi connectivity index (χ2v) is 5.80. The molecule has 0 radical (unpaired) electrons. The summed E-state index contributed by atoms with van der Waals surface area (Å²) >= 11 is 2.00. The first-order valence-electron chi connectivity index (χ1n) is 6.39. The Bertz CT molecular complexity index is 403. The van der Waals surface area contributed by atoms with Crippen molar-refractivity contribution in [2.75, 3.05) is 16.8 Å². The van der Waals surface area contributed by atoms with Gasteiger partial charge in [-0.25, -0.2) is 0 Å². The van der Waals surface area contributed by atoms with Crippen molar-refractivity contribution in [3.8, 4) is 0 Å². The van der Waals surface area contributed by atoms with E-state index in [9.17, 15) is 4.79 Å². The minimum absolute atomic E-state index is 0.197. The van der Waals surface area contributed by atoms with Crippen LogP contribution in [0.4, 0.5) is 5.69 Å². The summed E-state index contributed by atoms with van der Waals surface area (Å²) < 4.78 is 0. The predicted octanol–water partition coefficient (Wildman–Crippen LogP) is 3.01. The minimum Gasteiger partial charge on any atom is -0.481 e. The average molecular weight is 265 g/mol. The van der Waals surface area contributed by atoms with Crippen LogP contribution in [0.15, 0.2) is 24.3 Å². The monoisotopic (exact) mass is 265 g/mol. The van der Waals surface area contributed by atoms with E-state index in [2.05, 4.69) is 17.4 Å². The maximum atomic E-state index is 10.6. The van der Waals surface area contributed by atoms with Gasteiger partial charge in [0.2, 0.25) is 0 Å². The number of aryl methyl sites for hydroxylation is 1. The average Bonchev–Trinajstić information content (AvgIpc) is 2.38. The van der Waals surface area contributed by atoms with E-state index in [1.54, 1.807) is 0 Å². The lowest BCUT2D eigenvalue weighted by Gasteiger charge is -2.23. The number of thioether (sulfide) groups is 1. The molecule has 0 aliphatic carbocycles. The molecule has 1 saturated heterocycles. The van der Waals surface area contributed by atoms with Gasteiger partial charge in [0.15, 0.2) is 0 Å². The Hall–Kier alpha value is -1.16. The highest BCUT2D eigenvalue weighted by atomic mass is 32.2. The molecule has 2 N–H and O–H groups in total. The normalized spacial score (nSPS) is 19.4. The zero-order valence-corrected chi connectivity index (χ0v) is 11.2. The summed E-state index contributed by atoms with van der Waals surface area (Å²) in [5.74, 6) is 1.70. The molecule has 1 heterocycles. The zero-order chi connectivity index (χ0) is 12.8. The molecule has 0 spiro atoms. The van der Waals surface area contributed by atoms with Crippen molar-refractivity contribution in [2.45, 2.75) is 31.7 Å². The van der Waals surface area contributed by atoms with Gasteiger partial charge in [0, 0.05) is 23.9 Å². The summed E-state index contributed by atoms with van der Waals surface area (Å²) in [5.41, 5.74) is 2.20. The Labute approximate surface area is 112 Å². The van der Waals surface area contributed by atoms with Crippen LogP contribution in [0.2, 0.25) is 0 Å². The molecule has 98 valence electrons. The van der Waals surface area contributed by atoms with Gasteiger partial charge in [0.05, 0.1) is 0 Å². The Morgan fingerprint density at radius 2 is 2.39 bits per heavy atom. The van der Waals surface area contributed by atoms with Crippen LogP contribution in [0.5, 0.6) is 0 Å². The highest BCUT2D eigenvalue weighted by Gasteiger charge is 2.13. The summed E-state index contributed by atoms with van der Waals surface area (Å²) in [5, 5.41) is 12.2. The molecule has 1 aromatic carbocycles. The standard InChI is InChI=1S/C14H19NO2S/c16-14(17)7-6-11-3-1-4-12(9-11)15-13-5-2-8-18-10-13/h1,3-4,9,13,15H,2,5-8,10H2,(H,16,17). The van der Waals surface area contributed by atoms with Gasteiger partial charge in [-0.05, 0) is 42.7 Å². The number of carboxylic acids is 1. The van der Waals surface area contributed by atoms with Crippen LogP contribution in [-0.2, 0) is 11.2 Å². The SMILES string of the molecule is O=C(O)CCc1cccc(NC2CCCSC2)c1. The van der Waals surface area contributed by atoms with Crippen LogP contribution in [-0.4, -0.2) is 28.6 Å². The Morgan fingerprint density at radius 3 is 3.11 bits per heavy atom. The maximum Gasteiger partial charge on any atom is 0.303 e. The molecular weight excluding hydrogens is 246 g/mol. The van der Waals surface area contributed by atoms with E-state index in [0.29, 0.717) is 12.5 Å². The van der Waals surface area contributed by atoms with Gasteiger partial charge in [-0.3, -0.25) is 4.79 Å². The molecule has 1 atom stereocenters. The topological polar surface area (TPSA) is 49.3 Å². The van der Waals surface area contributed by atoms with Crippen molar-refractivity contribution < 1.29 is 9.90 Å². The van der Waals surface area contributed by atoms with Gasteiger partial charge in [-0.1, -0.05) is 12.1 Å². The van der Waals surface area contributed by atoms with Crippen molar-refractivity contribution in [1.82, 2.24) is 0 Å². The number of nitrogens with one attached hydrogen (secondary N) is 1. The third-order valence-electron chi connectivity index (χ3n) is 3.09. The Kier molecular flexibility index (Phi) is 4.93. The molecule has 1 aliphatic rings. The van der Waals surface area contributed by atoms with E-state index in [4.69, 9.17) is 5.11 Å². The fourth-order valence-electron chi connectivity index (χ4n) is 2.16. The second kappa shape index (κ2) is 6.69. The largest absolute Gasteiger partial charge is 0.481 e. The van der Waals surface area contributed by atoms with E-state index in [1.807, 2.05) is 23.9 Å². The lowest BCUT2D eigenvalue weighted by atomic mass is 10.1. The summed E-state index contributed by atoms with van der Waals surface area (Å²) in [6.07, 6.45) is 3.31. The van der Waals surface area contributed by atoms with E-state index in [1.165, 1.54) is 24.3 Å². The van der Waals surface area contributed by atoms with E-state index >= 15 is 0 Å². The molecule has 0 bridgehead atoms. The first kappa shape index (κ1) is 13.3. The van der Waals surface area contributed by atoms with E-state index in [-0.39, 0.29) is 6.42 Å². The number of carbonyl (C=O) groups is 1. The number of hydrogen-bond donors (Lipinski definition) is 2. The molecule has 18 heavy (non-hydrogen) atoms. The molecule has 1 fully saturated rings. The van der Waals surface area contributed by atoms with Crippen molar-refractivity contribution >= 4 is 23.4 Å². The predicted molar refractivity (Wildman–Crippen MR) is 76.4 cm³/mol. The maximum absolute atomic E-state index is 10.6. The molecule has 1 aliphatic heterocycles. The molecule has 0 amide bonds. The van der Waals surface area contributed by atoms with E-state index in [0.717, 1.165) is 11.3 Å². The molecule has 1 unspecified atom stereocenters. The second-order valence-electron chi connectivity index (χ2n) is 4.65. The minimum atomic E-state index is -0.739. The lowest BCUT2D eigenvalue weighted by Crippen LogP contribution is -2.25. The fourth-order valence-corrected chi connectivity index (χ4v) is 3.23.